The van der Waals surface area contributed by atoms with E-state index in [4.69, 9.17) is 4.74 Å². The quantitative estimate of drug-likeness (QED) is 0.661. The second-order valence-corrected chi connectivity index (χ2v) is 8.18. The van der Waals surface area contributed by atoms with Crippen molar-refractivity contribution in [2.24, 2.45) is 5.92 Å². The van der Waals surface area contributed by atoms with Crippen LogP contribution in [0.15, 0.2) is 30.5 Å². The molecule has 0 amide bonds. The van der Waals surface area contributed by atoms with Gasteiger partial charge in [-0.1, -0.05) is 12.1 Å². The maximum Gasteiger partial charge on any atom is 0.118 e. The number of hydrogen-bond donors (Lipinski definition) is 0. The van der Waals surface area contributed by atoms with Crippen molar-refractivity contribution in [3.05, 3.63) is 47.3 Å². The zero-order chi connectivity index (χ0) is 19.9. The fourth-order valence-electron chi connectivity index (χ4n) is 4.14. The Hall–Kier alpha value is -1.85. The van der Waals surface area contributed by atoms with Crippen molar-refractivity contribution in [2.45, 2.75) is 46.2 Å². The molecule has 1 aromatic carbocycles. The molecule has 1 aliphatic rings. The molecule has 0 saturated carbocycles. The van der Waals surface area contributed by atoms with Gasteiger partial charge in [-0.15, -0.1) is 0 Å². The minimum Gasteiger partial charge on any atom is -0.497 e. The fourth-order valence-corrected chi connectivity index (χ4v) is 4.14. The molecule has 3 rings (SSSR count). The molecule has 0 unspecified atom stereocenters. The van der Waals surface area contributed by atoms with Crippen molar-refractivity contribution in [3.8, 4) is 5.75 Å². The highest BCUT2D eigenvalue weighted by Crippen LogP contribution is 2.20. The highest BCUT2D eigenvalue weighted by molar-refractivity contribution is 5.27. The molecular formula is C23H36N4O. The summed E-state index contributed by atoms with van der Waals surface area (Å²) in [4.78, 5) is 5.10. The van der Waals surface area contributed by atoms with E-state index in [2.05, 4.69) is 66.3 Å². The highest BCUT2D eigenvalue weighted by Gasteiger charge is 2.20. The summed E-state index contributed by atoms with van der Waals surface area (Å²) in [7, 11) is 3.97. The van der Waals surface area contributed by atoms with E-state index in [9.17, 15) is 0 Å². The SMILES string of the molecule is CCn1cc(CN(C)CC2CCN(CCc3ccc(OC)cc3)CC2)c(C)n1. The lowest BCUT2D eigenvalue weighted by Crippen LogP contribution is -2.38. The first-order chi connectivity index (χ1) is 13.6. The number of nitrogens with zero attached hydrogens (tertiary/aromatic N) is 4. The summed E-state index contributed by atoms with van der Waals surface area (Å²) >= 11 is 0. The van der Waals surface area contributed by atoms with Crippen LogP contribution in [-0.2, 0) is 19.5 Å². The van der Waals surface area contributed by atoms with Gasteiger partial charge < -0.3 is 14.5 Å². The van der Waals surface area contributed by atoms with Crippen LogP contribution in [-0.4, -0.2) is 59.9 Å². The van der Waals surface area contributed by atoms with E-state index in [1.807, 2.05) is 4.68 Å². The third-order valence-electron chi connectivity index (χ3n) is 5.97. The second kappa shape index (κ2) is 10.1. The van der Waals surface area contributed by atoms with E-state index in [0.29, 0.717) is 0 Å². The van der Waals surface area contributed by atoms with E-state index < -0.39 is 0 Å². The molecule has 2 aromatic rings. The largest absolute Gasteiger partial charge is 0.497 e. The van der Waals surface area contributed by atoms with Gasteiger partial charge in [-0.2, -0.15) is 5.10 Å². The van der Waals surface area contributed by atoms with Gasteiger partial charge in [0.2, 0.25) is 0 Å². The summed E-state index contributed by atoms with van der Waals surface area (Å²) in [6, 6.07) is 8.49. The molecule has 0 N–H and O–H groups in total. The van der Waals surface area contributed by atoms with Gasteiger partial charge in [0.15, 0.2) is 0 Å². The molecule has 5 nitrogen and oxygen atoms in total. The minimum absolute atomic E-state index is 0.809. The molecule has 0 bridgehead atoms. The summed E-state index contributed by atoms with van der Waals surface area (Å²) in [5, 5.41) is 4.57. The Morgan fingerprint density at radius 3 is 2.50 bits per heavy atom. The molecule has 5 heteroatoms. The maximum absolute atomic E-state index is 5.24. The van der Waals surface area contributed by atoms with E-state index in [1.165, 1.54) is 49.3 Å². The normalized spacial score (nSPS) is 16.0. The molecule has 28 heavy (non-hydrogen) atoms. The molecule has 1 saturated heterocycles. The summed E-state index contributed by atoms with van der Waals surface area (Å²) < 4.78 is 7.28. The zero-order valence-electron chi connectivity index (χ0n) is 18.0. The van der Waals surface area contributed by atoms with Crippen LogP contribution >= 0.6 is 0 Å². The van der Waals surface area contributed by atoms with E-state index in [1.54, 1.807) is 7.11 Å². The van der Waals surface area contributed by atoms with Crippen LogP contribution in [0.3, 0.4) is 0 Å². The molecule has 2 heterocycles. The first-order valence-corrected chi connectivity index (χ1v) is 10.6. The van der Waals surface area contributed by atoms with Crippen LogP contribution in [0.2, 0.25) is 0 Å². The molecule has 1 aliphatic heterocycles. The molecule has 0 spiro atoms. The fraction of sp³-hybridized carbons (Fsp3) is 0.609. The molecule has 0 radical (unpaired) electrons. The number of aromatic nitrogens is 2. The smallest absolute Gasteiger partial charge is 0.118 e. The Morgan fingerprint density at radius 2 is 1.89 bits per heavy atom. The molecule has 0 atom stereocenters. The van der Waals surface area contributed by atoms with Gasteiger partial charge in [-0.05, 0) is 76.9 Å². The van der Waals surface area contributed by atoms with Crippen LogP contribution in [0.5, 0.6) is 5.75 Å². The number of hydrogen-bond acceptors (Lipinski definition) is 4. The Morgan fingerprint density at radius 1 is 1.18 bits per heavy atom. The standard InChI is InChI=1S/C23H36N4O/c1-5-27-18-22(19(2)24-27)17-25(3)16-21-11-14-26(15-12-21)13-10-20-6-8-23(28-4)9-7-20/h6-9,18,21H,5,10-17H2,1-4H3. The van der Waals surface area contributed by atoms with Gasteiger partial charge in [0.05, 0.1) is 12.8 Å². The van der Waals surface area contributed by atoms with E-state index in [-0.39, 0.29) is 0 Å². The molecule has 0 aliphatic carbocycles. The van der Waals surface area contributed by atoms with Gasteiger partial charge in [0.25, 0.3) is 0 Å². The maximum atomic E-state index is 5.24. The monoisotopic (exact) mass is 384 g/mol. The summed E-state index contributed by atoms with van der Waals surface area (Å²) in [5.41, 5.74) is 3.92. The lowest BCUT2D eigenvalue weighted by Gasteiger charge is -2.34. The summed E-state index contributed by atoms with van der Waals surface area (Å²) in [6.07, 6.45) is 5.93. The number of piperidine rings is 1. The van der Waals surface area contributed by atoms with Crippen LogP contribution in [0.1, 0.15) is 36.6 Å². The average Bonchev–Trinajstić information content (AvgIpc) is 3.07. The van der Waals surface area contributed by atoms with Crippen molar-refractivity contribution in [2.75, 3.05) is 40.3 Å². The number of aryl methyl sites for hydroxylation is 2. The van der Waals surface area contributed by atoms with Gasteiger partial charge >= 0.3 is 0 Å². The Kier molecular flexibility index (Phi) is 7.51. The third-order valence-corrected chi connectivity index (χ3v) is 5.97. The average molecular weight is 385 g/mol. The lowest BCUT2D eigenvalue weighted by atomic mass is 9.96. The van der Waals surface area contributed by atoms with Crippen molar-refractivity contribution < 1.29 is 4.74 Å². The van der Waals surface area contributed by atoms with Crippen molar-refractivity contribution in [1.29, 1.82) is 0 Å². The van der Waals surface area contributed by atoms with Crippen LogP contribution in [0.25, 0.3) is 0 Å². The van der Waals surface area contributed by atoms with Gasteiger partial charge in [-0.3, -0.25) is 4.68 Å². The number of rotatable bonds is 9. The molecular weight excluding hydrogens is 348 g/mol. The first kappa shape index (κ1) is 20.9. The van der Waals surface area contributed by atoms with Crippen molar-refractivity contribution in [3.63, 3.8) is 0 Å². The predicted octanol–water partition coefficient (Wildman–Crippen LogP) is 3.61. The van der Waals surface area contributed by atoms with Crippen LogP contribution in [0, 0.1) is 12.8 Å². The zero-order valence-corrected chi connectivity index (χ0v) is 18.0. The summed E-state index contributed by atoms with van der Waals surface area (Å²) in [5.74, 6) is 1.75. The van der Waals surface area contributed by atoms with Gasteiger partial charge in [-0.25, -0.2) is 0 Å². The second-order valence-electron chi connectivity index (χ2n) is 8.18. The summed E-state index contributed by atoms with van der Waals surface area (Å²) in [6.45, 7) is 11.0. The molecule has 154 valence electrons. The third kappa shape index (κ3) is 5.82. The Bertz CT molecular complexity index is 717. The topological polar surface area (TPSA) is 33.5 Å². The van der Waals surface area contributed by atoms with Gasteiger partial charge in [0.1, 0.15) is 5.75 Å². The highest BCUT2D eigenvalue weighted by atomic mass is 16.5. The lowest BCUT2D eigenvalue weighted by molar-refractivity contribution is 0.153. The Balaban J connectivity index is 1.37. The van der Waals surface area contributed by atoms with E-state index in [0.717, 1.165) is 37.7 Å². The van der Waals surface area contributed by atoms with Crippen LogP contribution < -0.4 is 4.74 Å². The number of methoxy groups -OCH3 is 1. The van der Waals surface area contributed by atoms with Crippen molar-refractivity contribution >= 4 is 0 Å². The van der Waals surface area contributed by atoms with Gasteiger partial charge in [0, 0.05) is 37.9 Å². The minimum atomic E-state index is 0.809. The predicted molar refractivity (Wildman–Crippen MR) is 115 cm³/mol. The first-order valence-electron chi connectivity index (χ1n) is 10.6. The number of likely N-dealkylation sites (tertiary alicyclic amines) is 1. The number of benzene rings is 1. The Labute approximate surface area is 170 Å². The van der Waals surface area contributed by atoms with Crippen LogP contribution in [0.4, 0.5) is 0 Å². The number of ether oxygens (including phenoxy) is 1. The molecule has 1 aromatic heterocycles. The molecule has 1 fully saturated rings. The van der Waals surface area contributed by atoms with E-state index >= 15 is 0 Å². The van der Waals surface area contributed by atoms with Crippen molar-refractivity contribution in [1.82, 2.24) is 19.6 Å².